The Morgan fingerprint density at radius 1 is 0.857 bits per heavy atom. The van der Waals surface area contributed by atoms with E-state index in [9.17, 15) is 0 Å². The van der Waals surface area contributed by atoms with Crippen LogP contribution in [0.4, 0.5) is 0 Å². The second-order valence-corrected chi connectivity index (χ2v) is 8.52. The van der Waals surface area contributed by atoms with Crippen molar-refractivity contribution in [2.45, 2.75) is 44.7 Å². The van der Waals surface area contributed by atoms with E-state index in [1.54, 1.807) is 10.6 Å². The highest BCUT2D eigenvalue weighted by Gasteiger charge is 2.34. The van der Waals surface area contributed by atoms with Crippen molar-refractivity contribution in [2.24, 2.45) is 5.92 Å². The number of hydrogen-bond acceptors (Lipinski definition) is 0. The lowest BCUT2D eigenvalue weighted by Crippen LogP contribution is -2.24. The predicted octanol–water partition coefficient (Wildman–Crippen LogP) is 5.09. The van der Waals surface area contributed by atoms with E-state index in [0.29, 0.717) is 0 Å². The van der Waals surface area contributed by atoms with Gasteiger partial charge < -0.3 is 0 Å². The Morgan fingerprint density at radius 2 is 1.43 bits per heavy atom. The summed E-state index contributed by atoms with van der Waals surface area (Å²) in [6.45, 7) is 2.34. The lowest BCUT2D eigenvalue weighted by atomic mass is 10.0. The smallest absolute Gasteiger partial charge is 0.0100 e. The lowest BCUT2D eigenvalue weighted by Gasteiger charge is -2.30. The van der Waals surface area contributed by atoms with Gasteiger partial charge in [0.2, 0.25) is 0 Å². The molecule has 2 aromatic carbocycles. The summed E-state index contributed by atoms with van der Waals surface area (Å²) in [5.41, 5.74) is 0.879. The molecule has 0 saturated heterocycles. The monoisotopic (exact) mass is 296 g/mol. The van der Waals surface area contributed by atoms with Crippen LogP contribution in [0.1, 0.15) is 39.0 Å². The standard InChI is InChI=1S/C20H25P/c1-2-10-17-11-9-16-20(17)21(18-12-5-3-6-13-18)19-14-7-4-8-15-19/h3-8,12-15,17,20H,2,9-11,16H2,1H3. The molecule has 0 spiro atoms. The van der Waals surface area contributed by atoms with Crippen molar-refractivity contribution in [3.05, 3.63) is 60.7 Å². The summed E-state index contributed by atoms with van der Waals surface area (Å²) < 4.78 is 0. The van der Waals surface area contributed by atoms with Gasteiger partial charge >= 0.3 is 0 Å². The van der Waals surface area contributed by atoms with Crippen molar-refractivity contribution in [3.8, 4) is 0 Å². The molecule has 0 amide bonds. The first-order valence-electron chi connectivity index (χ1n) is 8.29. The van der Waals surface area contributed by atoms with Crippen LogP contribution < -0.4 is 10.6 Å². The second-order valence-electron chi connectivity index (χ2n) is 6.09. The van der Waals surface area contributed by atoms with Crippen molar-refractivity contribution in [1.82, 2.24) is 0 Å². The van der Waals surface area contributed by atoms with Gasteiger partial charge in [-0.15, -0.1) is 0 Å². The van der Waals surface area contributed by atoms with Crippen LogP contribution in [0.2, 0.25) is 0 Å². The minimum Gasteiger partial charge on any atom is -0.0654 e. The molecule has 110 valence electrons. The van der Waals surface area contributed by atoms with Gasteiger partial charge in [0.1, 0.15) is 0 Å². The largest absolute Gasteiger partial charge is 0.0654 e. The van der Waals surface area contributed by atoms with Gasteiger partial charge in [0, 0.05) is 0 Å². The lowest BCUT2D eigenvalue weighted by molar-refractivity contribution is 0.504. The molecule has 1 heteroatoms. The Kier molecular flexibility index (Phi) is 5.09. The van der Waals surface area contributed by atoms with Crippen LogP contribution in [0.5, 0.6) is 0 Å². The molecular formula is C20H25P. The summed E-state index contributed by atoms with van der Waals surface area (Å²) in [6, 6.07) is 22.5. The number of hydrogen-bond donors (Lipinski definition) is 0. The van der Waals surface area contributed by atoms with Crippen LogP contribution in [0.15, 0.2) is 60.7 Å². The molecule has 1 aliphatic rings. The number of benzene rings is 2. The Balaban J connectivity index is 1.97. The van der Waals surface area contributed by atoms with Crippen molar-refractivity contribution >= 4 is 18.5 Å². The molecule has 1 aliphatic carbocycles. The Hall–Kier alpha value is -1.13. The average molecular weight is 296 g/mol. The van der Waals surface area contributed by atoms with Gasteiger partial charge in [0.05, 0.1) is 0 Å². The van der Waals surface area contributed by atoms with E-state index in [1.807, 2.05) is 0 Å². The third-order valence-corrected chi connectivity index (χ3v) is 7.73. The first-order valence-corrected chi connectivity index (χ1v) is 9.70. The quantitative estimate of drug-likeness (QED) is 0.674. The van der Waals surface area contributed by atoms with E-state index in [-0.39, 0.29) is 7.92 Å². The fourth-order valence-corrected chi connectivity index (χ4v) is 6.99. The summed E-state index contributed by atoms with van der Waals surface area (Å²) >= 11 is 0. The zero-order valence-electron chi connectivity index (χ0n) is 12.9. The zero-order chi connectivity index (χ0) is 14.5. The highest BCUT2D eigenvalue weighted by Crippen LogP contribution is 2.51. The molecule has 0 heterocycles. The molecule has 2 aromatic rings. The minimum atomic E-state index is -0.203. The third kappa shape index (κ3) is 3.38. The summed E-state index contributed by atoms with van der Waals surface area (Å²) in [5.74, 6) is 0.932. The van der Waals surface area contributed by atoms with Crippen molar-refractivity contribution in [2.75, 3.05) is 0 Å². The molecule has 0 nitrogen and oxygen atoms in total. The Labute approximate surface area is 130 Å². The summed E-state index contributed by atoms with van der Waals surface area (Å²) in [4.78, 5) is 0. The second kappa shape index (κ2) is 7.23. The molecule has 0 radical (unpaired) electrons. The fourth-order valence-electron chi connectivity index (χ4n) is 3.77. The normalized spacial score (nSPS) is 21.8. The fraction of sp³-hybridized carbons (Fsp3) is 0.400. The van der Waals surface area contributed by atoms with Crippen molar-refractivity contribution in [1.29, 1.82) is 0 Å². The van der Waals surface area contributed by atoms with E-state index in [4.69, 9.17) is 0 Å². The maximum atomic E-state index is 2.35. The summed E-state index contributed by atoms with van der Waals surface area (Å²) in [6.07, 6.45) is 7.02. The molecule has 0 aromatic heterocycles. The molecule has 0 bridgehead atoms. The first-order chi connectivity index (χ1) is 10.4. The van der Waals surface area contributed by atoms with E-state index in [2.05, 4.69) is 67.6 Å². The van der Waals surface area contributed by atoms with Gasteiger partial charge in [0.15, 0.2) is 0 Å². The van der Waals surface area contributed by atoms with Gasteiger partial charge in [-0.05, 0) is 42.9 Å². The van der Waals surface area contributed by atoms with E-state index < -0.39 is 0 Å². The van der Waals surface area contributed by atoms with Crippen molar-refractivity contribution in [3.63, 3.8) is 0 Å². The van der Waals surface area contributed by atoms with Crippen molar-refractivity contribution < 1.29 is 0 Å². The van der Waals surface area contributed by atoms with Gasteiger partial charge in [-0.25, -0.2) is 0 Å². The molecule has 2 unspecified atom stereocenters. The van der Waals surface area contributed by atoms with E-state index >= 15 is 0 Å². The van der Waals surface area contributed by atoms with Gasteiger partial charge in [-0.2, -0.15) is 0 Å². The Bertz CT molecular complexity index is 495. The number of rotatable bonds is 5. The molecule has 1 fully saturated rings. The van der Waals surface area contributed by atoms with E-state index in [1.165, 1.54) is 32.1 Å². The Morgan fingerprint density at radius 3 is 1.95 bits per heavy atom. The van der Waals surface area contributed by atoms with Crippen LogP contribution in [0.3, 0.4) is 0 Å². The minimum absolute atomic E-state index is 0.203. The van der Waals surface area contributed by atoms with E-state index in [0.717, 1.165) is 11.6 Å². The van der Waals surface area contributed by atoms with Gasteiger partial charge in [-0.3, -0.25) is 0 Å². The summed E-state index contributed by atoms with van der Waals surface area (Å²) in [7, 11) is -0.203. The molecule has 3 rings (SSSR count). The topological polar surface area (TPSA) is 0 Å². The van der Waals surface area contributed by atoms with Crippen LogP contribution >= 0.6 is 7.92 Å². The highest BCUT2D eigenvalue weighted by molar-refractivity contribution is 7.73. The predicted molar refractivity (Wildman–Crippen MR) is 95.1 cm³/mol. The van der Waals surface area contributed by atoms with Gasteiger partial charge in [0.25, 0.3) is 0 Å². The SMILES string of the molecule is CCCC1CCCC1P(c1ccccc1)c1ccccc1. The molecule has 21 heavy (non-hydrogen) atoms. The first kappa shape index (κ1) is 14.8. The third-order valence-electron chi connectivity index (χ3n) is 4.68. The molecular weight excluding hydrogens is 271 g/mol. The zero-order valence-corrected chi connectivity index (χ0v) is 13.8. The van der Waals surface area contributed by atoms with Crippen LogP contribution in [-0.4, -0.2) is 5.66 Å². The van der Waals surface area contributed by atoms with Crippen LogP contribution in [-0.2, 0) is 0 Å². The molecule has 0 N–H and O–H groups in total. The molecule has 0 aliphatic heterocycles. The summed E-state index contributed by atoms with van der Waals surface area (Å²) in [5, 5.41) is 3.12. The van der Waals surface area contributed by atoms with Gasteiger partial charge in [-0.1, -0.05) is 86.8 Å². The maximum Gasteiger partial charge on any atom is -0.0100 e. The average Bonchev–Trinajstić information content (AvgIpc) is 2.98. The highest BCUT2D eigenvalue weighted by atomic mass is 31.1. The maximum absolute atomic E-state index is 2.35. The van der Waals surface area contributed by atoms with Crippen LogP contribution in [0.25, 0.3) is 0 Å². The van der Waals surface area contributed by atoms with Crippen LogP contribution in [0, 0.1) is 5.92 Å². The molecule has 2 atom stereocenters. The molecule has 1 saturated carbocycles.